The highest BCUT2D eigenvalue weighted by molar-refractivity contribution is 6.36. The van der Waals surface area contributed by atoms with Gasteiger partial charge < -0.3 is 10.1 Å². The Bertz CT molecular complexity index is 394. The summed E-state index contributed by atoms with van der Waals surface area (Å²) in [6, 6.07) is 1.61. The number of nitrogens with one attached hydrogen (secondary N) is 1. The molecule has 1 aromatic rings. The second kappa shape index (κ2) is 5.97. The van der Waals surface area contributed by atoms with E-state index >= 15 is 0 Å². The van der Waals surface area contributed by atoms with Crippen LogP contribution in [-0.2, 0) is 0 Å². The minimum Gasteiger partial charge on any atom is -0.476 e. The molecule has 88 valence electrons. The average Bonchev–Trinajstić information content (AvgIpc) is 2.20. The third kappa shape index (κ3) is 3.58. The summed E-state index contributed by atoms with van der Waals surface area (Å²) in [5.74, 6) is 0.938. The summed E-state index contributed by atoms with van der Waals surface area (Å²) in [6.45, 7) is 6.24. The molecule has 0 saturated heterocycles. The van der Waals surface area contributed by atoms with Crippen LogP contribution < -0.4 is 10.1 Å². The Morgan fingerprint density at radius 2 is 2.19 bits per heavy atom. The highest BCUT2D eigenvalue weighted by Gasteiger charge is 2.09. The molecule has 5 heteroatoms. The molecule has 1 rings (SSSR count). The molecule has 0 aromatic carbocycles. The summed E-state index contributed by atoms with van der Waals surface area (Å²) in [5, 5.41) is 3.74. The Hall–Kier alpha value is -0.930. The Morgan fingerprint density at radius 3 is 2.75 bits per heavy atom. The fourth-order valence-corrected chi connectivity index (χ4v) is 1.56. The van der Waals surface area contributed by atoms with Gasteiger partial charge in [0, 0.05) is 13.5 Å². The summed E-state index contributed by atoms with van der Waals surface area (Å²) in [4.78, 5) is 4.16. The van der Waals surface area contributed by atoms with E-state index < -0.39 is 0 Å². The van der Waals surface area contributed by atoms with E-state index in [-0.39, 0.29) is 0 Å². The first-order chi connectivity index (χ1) is 7.54. The van der Waals surface area contributed by atoms with E-state index in [2.05, 4.69) is 16.9 Å². The summed E-state index contributed by atoms with van der Waals surface area (Å²) in [6.07, 6.45) is 0.773. The monoisotopic (exact) mass is 260 g/mol. The molecule has 3 nitrogen and oxygen atoms in total. The van der Waals surface area contributed by atoms with Gasteiger partial charge in [-0.2, -0.15) is 4.98 Å². The predicted octanol–water partition coefficient (Wildman–Crippen LogP) is 3.78. The van der Waals surface area contributed by atoms with Gasteiger partial charge in [-0.1, -0.05) is 28.8 Å². The molecule has 0 radical (unpaired) electrons. The van der Waals surface area contributed by atoms with Crippen molar-refractivity contribution in [1.82, 2.24) is 4.98 Å². The van der Waals surface area contributed by atoms with E-state index in [0.717, 1.165) is 12.0 Å². The van der Waals surface area contributed by atoms with Crippen molar-refractivity contribution in [3.63, 3.8) is 0 Å². The number of aromatic nitrogens is 1. The van der Waals surface area contributed by atoms with Gasteiger partial charge in [-0.15, -0.1) is 6.58 Å². The van der Waals surface area contributed by atoms with Crippen LogP contribution in [0, 0.1) is 0 Å². The smallest absolute Gasteiger partial charge is 0.234 e. The molecule has 0 saturated carbocycles. The normalized spacial score (nSPS) is 10.0. The van der Waals surface area contributed by atoms with Crippen molar-refractivity contribution in [1.29, 1.82) is 0 Å². The number of pyridine rings is 1. The standard InChI is InChI=1S/C11H14Cl2N2O/c1-7(2)4-5-16-11-9(13)6-8(12)10(14-3)15-11/h6H,1,4-5H2,2-3H3,(H,14,15). The number of hydrogen-bond acceptors (Lipinski definition) is 3. The van der Waals surface area contributed by atoms with Gasteiger partial charge in [0.05, 0.1) is 11.6 Å². The summed E-state index contributed by atoms with van der Waals surface area (Å²) >= 11 is 11.9. The highest BCUT2D eigenvalue weighted by Crippen LogP contribution is 2.30. The zero-order chi connectivity index (χ0) is 12.1. The van der Waals surface area contributed by atoms with Crippen LogP contribution in [0.25, 0.3) is 0 Å². The van der Waals surface area contributed by atoms with Crippen LogP contribution in [-0.4, -0.2) is 18.6 Å². The number of hydrogen-bond donors (Lipinski definition) is 1. The van der Waals surface area contributed by atoms with E-state index in [1.807, 2.05) is 6.92 Å². The van der Waals surface area contributed by atoms with E-state index in [9.17, 15) is 0 Å². The van der Waals surface area contributed by atoms with Crippen molar-refractivity contribution in [2.45, 2.75) is 13.3 Å². The Kier molecular flexibility index (Phi) is 4.90. The van der Waals surface area contributed by atoms with Crippen molar-refractivity contribution in [3.05, 3.63) is 28.3 Å². The quantitative estimate of drug-likeness (QED) is 0.819. The summed E-state index contributed by atoms with van der Waals surface area (Å²) in [5.41, 5.74) is 1.05. The van der Waals surface area contributed by atoms with E-state index in [1.165, 1.54) is 0 Å². The number of ether oxygens (including phenoxy) is 1. The first kappa shape index (κ1) is 13.1. The number of halogens is 2. The third-order valence-corrected chi connectivity index (χ3v) is 2.46. The molecule has 0 amide bonds. The van der Waals surface area contributed by atoms with Crippen LogP contribution in [0.3, 0.4) is 0 Å². The Morgan fingerprint density at radius 1 is 1.50 bits per heavy atom. The lowest BCUT2D eigenvalue weighted by atomic mass is 10.3. The van der Waals surface area contributed by atoms with Gasteiger partial charge in [0.25, 0.3) is 0 Å². The van der Waals surface area contributed by atoms with Gasteiger partial charge in [0.2, 0.25) is 5.88 Å². The second-order valence-electron chi connectivity index (χ2n) is 3.41. The lowest BCUT2D eigenvalue weighted by molar-refractivity contribution is 0.310. The molecule has 0 aliphatic rings. The predicted molar refractivity (Wildman–Crippen MR) is 68.7 cm³/mol. The van der Waals surface area contributed by atoms with Crippen LogP contribution in [0.15, 0.2) is 18.2 Å². The topological polar surface area (TPSA) is 34.1 Å². The second-order valence-corrected chi connectivity index (χ2v) is 4.23. The van der Waals surface area contributed by atoms with Crippen molar-refractivity contribution in [2.24, 2.45) is 0 Å². The fourth-order valence-electron chi connectivity index (χ4n) is 1.05. The van der Waals surface area contributed by atoms with Crippen LogP contribution in [0.1, 0.15) is 13.3 Å². The molecule has 1 heterocycles. The third-order valence-electron chi connectivity index (χ3n) is 1.90. The maximum Gasteiger partial charge on any atom is 0.234 e. The van der Waals surface area contributed by atoms with Gasteiger partial charge in [-0.3, -0.25) is 0 Å². The molecule has 0 unspecified atom stereocenters. The van der Waals surface area contributed by atoms with Gasteiger partial charge in [-0.25, -0.2) is 0 Å². The van der Waals surface area contributed by atoms with Gasteiger partial charge >= 0.3 is 0 Å². The number of nitrogens with zero attached hydrogens (tertiary/aromatic N) is 1. The van der Waals surface area contributed by atoms with Crippen LogP contribution in [0.5, 0.6) is 5.88 Å². The molecule has 0 fully saturated rings. The molecule has 0 aliphatic carbocycles. The zero-order valence-electron chi connectivity index (χ0n) is 9.31. The number of anilines is 1. The maximum absolute atomic E-state index is 5.95. The minimum absolute atomic E-state index is 0.386. The van der Waals surface area contributed by atoms with Crippen molar-refractivity contribution < 1.29 is 4.74 Å². The fraction of sp³-hybridized carbons (Fsp3) is 0.364. The van der Waals surface area contributed by atoms with E-state index in [1.54, 1.807) is 13.1 Å². The molecule has 1 N–H and O–H groups in total. The SMILES string of the molecule is C=C(C)CCOc1nc(NC)c(Cl)cc1Cl. The lowest BCUT2D eigenvalue weighted by Crippen LogP contribution is -2.02. The molecule has 0 spiro atoms. The minimum atomic E-state index is 0.386. The molecule has 0 atom stereocenters. The molecular formula is C11H14Cl2N2O. The molecule has 0 aliphatic heterocycles. The number of rotatable bonds is 5. The van der Waals surface area contributed by atoms with Gasteiger partial charge in [-0.05, 0) is 13.0 Å². The largest absolute Gasteiger partial charge is 0.476 e. The molecular weight excluding hydrogens is 247 g/mol. The van der Waals surface area contributed by atoms with Crippen molar-refractivity contribution >= 4 is 29.0 Å². The summed E-state index contributed by atoms with van der Waals surface area (Å²) < 4.78 is 5.44. The average molecular weight is 261 g/mol. The van der Waals surface area contributed by atoms with E-state index in [4.69, 9.17) is 27.9 Å². The first-order valence-corrected chi connectivity index (χ1v) is 5.61. The van der Waals surface area contributed by atoms with E-state index in [0.29, 0.717) is 28.3 Å². The van der Waals surface area contributed by atoms with Crippen LogP contribution in [0.4, 0.5) is 5.82 Å². The Balaban J connectivity index is 2.75. The maximum atomic E-state index is 5.95. The van der Waals surface area contributed by atoms with Gasteiger partial charge in [0.15, 0.2) is 0 Å². The van der Waals surface area contributed by atoms with Crippen LogP contribution >= 0.6 is 23.2 Å². The van der Waals surface area contributed by atoms with Crippen molar-refractivity contribution in [2.75, 3.05) is 19.0 Å². The summed E-state index contributed by atoms with van der Waals surface area (Å²) in [7, 11) is 1.74. The first-order valence-electron chi connectivity index (χ1n) is 4.85. The zero-order valence-corrected chi connectivity index (χ0v) is 10.8. The van der Waals surface area contributed by atoms with Crippen molar-refractivity contribution in [3.8, 4) is 5.88 Å². The molecule has 1 aromatic heterocycles. The molecule has 0 bridgehead atoms. The Labute approximate surface area is 105 Å². The van der Waals surface area contributed by atoms with Crippen LogP contribution in [0.2, 0.25) is 10.0 Å². The molecule has 16 heavy (non-hydrogen) atoms. The van der Waals surface area contributed by atoms with Gasteiger partial charge in [0.1, 0.15) is 10.8 Å². The highest BCUT2D eigenvalue weighted by atomic mass is 35.5. The lowest BCUT2D eigenvalue weighted by Gasteiger charge is -2.09.